The Bertz CT molecular complexity index is 769. The van der Waals surface area contributed by atoms with Crippen LogP contribution in [0.25, 0.3) is 10.2 Å². The number of fused-ring (bicyclic) bond motifs is 1. The van der Waals surface area contributed by atoms with E-state index in [0.717, 1.165) is 47.0 Å². The number of rotatable bonds is 7. The van der Waals surface area contributed by atoms with E-state index in [-0.39, 0.29) is 0 Å². The molecule has 2 aromatic heterocycles. The van der Waals surface area contributed by atoms with Crippen LogP contribution in [0.5, 0.6) is 0 Å². The van der Waals surface area contributed by atoms with Gasteiger partial charge in [0.05, 0.1) is 11.1 Å². The molecule has 120 valence electrons. The first kappa shape index (κ1) is 16.3. The summed E-state index contributed by atoms with van der Waals surface area (Å²) in [5.41, 5.74) is 1.39. The summed E-state index contributed by atoms with van der Waals surface area (Å²) in [5.74, 6) is 2.75. The van der Waals surface area contributed by atoms with Gasteiger partial charge < -0.3 is 5.32 Å². The number of hydrogen-bond acceptors (Lipinski definition) is 5. The molecule has 0 amide bonds. The van der Waals surface area contributed by atoms with Gasteiger partial charge in [0, 0.05) is 11.4 Å². The first-order chi connectivity index (χ1) is 11.3. The Morgan fingerprint density at radius 3 is 2.78 bits per heavy atom. The highest BCUT2D eigenvalue weighted by Gasteiger charge is 2.10. The molecule has 0 fully saturated rings. The lowest BCUT2D eigenvalue weighted by Crippen LogP contribution is -2.07. The van der Waals surface area contributed by atoms with Crippen LogP contribution in [0.1, 0.15) is 22.7 Å². The minimum absolute atomic E-state index is 0.853. The molecule has 0 radical (unpaired) electrons. The Hall–Kier alpha value is -1.59. The average Bonchev–Trinajstić information content (AvgIpc) is 2.93. The van der Waals surface area contributed by atoms with Crippen molar-refractivity contribution >= 4 is 39.1 Å². The Labute approximate surface area is 145 Å². The van der Waals surface area contributed by atoms with Gasteiger partial charge in [-0.2, -0.15) is 11.8 Å². The lowest BCUT2D eigenvalue weighted by molar-refractivity contribution is 0.858. The van der Waals surface area contributed by atoms with Gasteiger partial charge in [-0.1, -0.05) is 30.3 Å². The molecule has 2 heterocycles. The number of benzene rings is 1. The Balaban J connectivity index is 1.68. The minimum Gasteiger partial charge on any atom is -0.369 e. The van der Waals surface area contributed by atoms with Crippen molar-refractivity contribution in [1.29, 1.82) is 0 Å². The number of aromatic nitrogens is 2. The van der Waals surface area contributed by atoms with Crippen LogP contribution in [0.4, 0.5) is 5.82 Å². The van der Waals surface area contributed by atoms with E-state index in [1.165, 1.54) is 10.4 Å². The van der Waals surface area contributed by atoms with Crippen LogP contribution in [-0.2, 0) is 12.2 Å². The fourth-order valence-corrected chi connectivity index (χ4v) is 3.84. The highest BCUT2D eigenvalue weighted by Crippen LogP contribution is 2.29. The fraction of sp³-hybridized carbons (Fsp3) is 0.333. The van der Waals surface area contributed by atoms with Gasteiger partial charge in [0.2, 0.25) is 0 Å². The monoisotopic (exact) mass is 343 g/mol. The van der Waals surface area contributed by atoms with Crippen LogP contribution in [0.2, 0.25) is 0 Å². The number of nitrogens with one attached hydrogen (secondary N) is 1. The van der Waals surface area contributed by atoms with E-state index in [4.69, 9.17) is 4.98 Å². The van der Waals surface area contributed by atoms with Crippen LogP contribution < -0.4 is 5.32 Å². The molecule has 0 saturated heterocycles. The highest BCUT2D eigenvalue weighted by molar-refractivity contribution is 7.97. The summed E-state index contributed by atoms with van der Waals surface area (Å²) in [7, 11) is 0. The van der Waals surface area contributed by atoms with Crippen LogP contribution in [0.3, 0.4) is 0 Å². The Morgan fingerprint density at radius 2 is 2.00 bits per heavy atom. The molecule has 0 spiro atoms. The standard InChI is InChI=1S/C18H21N3S2/c1-13-11-15-17(20-16(12-22-2)21-18(15)23-13)19-10-6-9-14-7-4-3-5-8-14/h3-5,7-8,11H,6,9-10,12H2,1-2H3,(H,19,20,21). The molecule has 0 unspecified atom stereocenters. The quantitative estimate of drug-likeness (QED) is 0.619. The topological polar surface area (TPSA) is 37.8 Å². The number of hydrogen-bond donors (Lipinski definition) is 1. The molecule has 3 aromatic rings. The van der Waals surface area contributed by atoms with E-state index < -0.39 is 0 Å². The smallest absolute Gasteiger partial charge is 0.142 e. The molecule has 0 saturated carbocycles. The maximum absolute atomic E-state index is 4.71. The number of aryl methyl sites for hydroxylation is 2. The van der Waals surface area contributed by atoms with E-state index in [1.54, 1.807) is 23.1 Å². The van der Waals surface area contributed by atoms with Crippen molar-refractivity contribution in [3.8, 4) is 0 Å². The van der Waals surface area contributed by atoms with Gasteiger partial charge in [-0.25, -0.2) is 9.97 Å². The van der Waals surface area contributed by atoms with Gasteiger partial charge >= 0.3 is 0 Å². The number of anilines is 1. The Kier molecular flexibility index (Phi) is 5.51. The highest BCUT2D eigenvalue weighted by atomic mass is 32.2. The lowest BCUT2D eigenvalue weighted by atomic mass is 10.1. The summed E-state index contributed by atoms with van der Waals surface area (Å²) >= 11 is 3.50. The summed E-state index contributed by atoms with van der Waals surface area (Å²) in [6.45, 7) is 3.05. The maximum atomic E-state index is 4.71. The van der Waals surface area contributed by atoms with Crippen molar-refractivity contribution in [3.63, 3.8) is 0 Å². The molecular weight excluding hydrogens is 322 g/mol. The molecule has 0 aliphatic rings. The van der Waals surface area contributed by atoms with Crippen LogP contribution in [-0.4, -0.2) is 22.8 Å². The third-order valence-electron chi connectivity index (χ3n) is 3.61. The largest absolute Gasteiger partial charge is 0.369 e. The van der Waals surface area contributed by atoms with E-state index in [1.807, 2.05) is 0 Å². The predicted octanol–water partition coefficient (Wildman–Crippen LogP) is 4.91. The van der Waals surface area contributed by atoms with Crippen molar-refractivity contribution in [2.24, 2.45) is 0 Å². The summed E-state index contributed by atoms with van der Waals surface area (Å²) < 4.78 is 0. The fourth-order valence-electron chi connectivity index (χ4n) is 2.56. The zero-order valence-electron chi connectivity index (χ0n) is 13.5. The van der Waals surface area contributed by atoms with Gasteiger partial charge in [0.1, 0.15) is 16.5 Å². The van der Waals surface area contributed by atoms with Gasteiger partial charge in [0.25, 0.3) is 0 Å². The van der Waals surface area contributed by atoms with E-state index >= 15 is 0 Å². The van der Waals surface area contributed by atoms with Crippen molar-refractivity contribution in [2.45, 2.75) is 25.5 Å². The average molecular weight is 344 g/mol. The van der Waals surface area contributed by atoms with Crippen molar-refractivity contribution in [2.75, 3.05) is 18.1 Å². The lowest BCUT2D eigenvalue weighted by Gasteiger charge is -2.08. The van der Waals surface area contributed by atoms with E-state index in [9.17, 15) is 0 Å². The Morgan fingerprint density at radius 1 is 1.17 bits per heavy atom. The summed E-state index contributed by atoms with van der Waals surface area (Å²) in [4.78, 5) is 11.8. The zero-order valence-corrected chi connectivity index (χ0v) is 15.1. The van der Waals surface area contributed by atoms with Crippen LogP contribution in [0, 0.1) is 6.92 Å². The van der Waals surface area contributed by atoms with E-state index in [2.05, 4.69) is 59.9 Å². The summed E-state index contributed by atoms with van der Waals surface area (Å²) in [6, 6.07) is 12.8. The first-order valence-corrected chi connectivity index (χ1v) is 10.0. The zero-order chi connectivity index (χ0) is 16.1. The van der Waals surface area contributed by atoms with Crippen molar-refractivity contribution < 1.29 is 0 Å². The van der Waals surface area contributed by atoms with Crippen molar-refractivity contribution in [1.82, 2.24) is 9.97 Å². The first-order valence-electron chi connectivity index (χ1n) is 7.80. The van der Waals surface area contributed by atoms with Gasteiger partial charge in [0.15, 0.2) is 0 Å². The molecule has 23 heavy (non-hydrogen) atoms. The third-order valence-corrected chi connectivity index (χ3v) is 5.10. The van der Waals surface area contributed by atoms with Crippen LogP contribution >= 0.6 is 23.1 Å². The molecule has 0 aliphatic heterocycles. The normalized spacial score (nSPS) is 11.0. The summed E-state index contributed by atoms with van der Waals surface area (Å²) in [6.07, 6.45) is 4.26. The molecule has 1 N–H and O–H groups in total. The molecule has 1 aromatic carbocycles. The van der Waals surface area contributed by atoms with E-state index in [0.29, 0.717) is 0 Å². The van der Waals surface area contributed by atoms with Gasteiger partial charge in [-0.3, -0.25) is 0 Å². The van der Waals surface area contributed by atoms with Gasteiger partial charge in [-0.05, 0) is 37.7 Å². The number of thioether (sulfide) groups is 1. The summed E-state index contributed by atoms with van der Waals surface area (Å²) in [5, 5.41) is 4.67. The van der Waals surface area contributed by atoms with Crippen LogP contribution in [0.15, 0.2) is 36.4 Å². The molecular formula is C18H21N3S2. The predicted molar refractivity (Wildman–Crippen MR) is 103 cm³/mol. The minimum atomic E-state index is 0.853. The third kappa shape index (κ3) is 4.24. The molecule has 5 heteroatoms. The number of nitrogens with zero attached hydrogens (tertiary/aromatic N) is 2. The molecule has 3 nitrogen and oxygen atoms in total. The second-order valence-electron chi connectivity index (χ2n) is 5.51. The molecule has 3 rings (SSSR count). The second-order valence-corrected chi connectivity index (χ2v) is 7.61. The van der Waals surface area contributed by atoms with Crippen molar-refractivity contribution in [3.05, 3.63) is 52.7 Å². The molecule has 0 aliphatic carbocycles. The molecule has 0 atom stereocenters. The molecule has 0 bridgehead atoms. The maximum Gasteiger partial charge on any atom is 0.142 e. The SMILES string of the molecule is CSCc1nc(NCCCc2ccccc2)c2cc(C)sc2n1. The van der Waals surface area contributed by atoms with Gasteiger partial charge in [-0.15, -0.1) is 11.3 Å². The number of thiophene rings is 1. The second kappa shape index (κ2) is 7.79.